The van der Waals surface area contributed by atoms with Crippen molar-refractivity contribution < 1.29 is 4.79 Å². The molecule has 0 unspecified atom stereocenters. The molecule has 58 valence electrons. The first-order chi connectivity index (χ1) is 5.11. The average molecular weight is 185 g/mol. The van der Waals surface area contributed by atoms with Gasteiger partial charge >= 0.3 is 0 Å². The molecule has 1 aromatic heterocycles. The van der Waals surface area contributed by atoms with Crippen LogP contribution in [0.3, 0.4) is 0 Å². The van der Waals surface area contributed by atoms with Crippen LogP contribution in [0.1, 0.15) is 21.6 Å². The van der Waals surface area contributed by atoms with Crippen molar-refractivity contribution in [3.63, 3.8) is 0 Å². The average Bonchev–Trinajstić information content (AvgIpc) is 2.34. The van der Waals surface area contributed by atoms with E-state index in [-0.39, 0.29) is 5.78 Å². The van der Waals surface area contributed by atoms with Crippen LogP contribution in [0, 0.1) is 6.92 Å². The Hall–Kier alpha value is -0.610. The van der Waals surface area contributed by atoms with Crippen LogP contribution in [0.15, 0.2) is 6.20 Å². The van der Waals surface area contributed by atoms with Crippen LogP contribution in [0.2, 0.25) is 0 Å². The van der Waals surface area contributed by atoms with Gasteiger partial charge in [0.15, 0.2) is 0 Å². The zero-order valence-electron chi connectivity index (χ0n) is 6.25. The van der Waals surface area contributed by atoms with Gasteiger partial charge in [-0.1, -0.05) is 12.2 Å². The van der Waals surface area contributed by atoms with Crippen LogP contribution in [-0.4, -0.2) is 15.6 Å². The minimum atomic E-state index is -0.0781. The third-order valence-electron chi connectivity index (χ3n) is 1.16. The minimum absolute atomic E-state index is 0.0781. The first kappa shape index (κ1) is 8.49. The van der Waals surface area contributed by atoms with Gasteiger partial charge < -0.3 is 0 Å². The number of aromatic nitrogens is 1. The molecule has 1 heterocycles. The van der Waals surface area contributed by atoms with Gasteiger partial charge in [-0.2, -0.15) is 0 Å². The number of aryl methyl sites for hydroxylation is 1. The van der Waals surface area contributed by atoms with Gasteiger partial charge in [0.05, 0.1) is 14.7 Å². The molecule has 0 saturated carbocycles. The Bertz CT molecular complexity index is 303. The molecule has 0 aliphatic carbocycles. The number of ketones is 1. The van der Waals surface area contributed by atoms with E-state index in [1.165, 1.54) is 11.3 Å². The van der Waals surface area contributed by atoms with Crippen molar-refractivity contribution in [2.45, 2.75) is 13.8 Å². The molecule has 0 amide bonds. The highest BCUT2D eigenvalue weighted by Crippen LogP contribution is 2.12. The van der Waals surface area contributed by atoms with Gasteiger partial charge in [0, 0.05) is 6.20 Å². The fourth-order valence-corrected chi connectivity index (χ4v) is 1.59. The molecule has 2 nitrogen and oxygen atoms in total. The van der Waals surface area contributed by atoms with Crippen LogP contribution in [0.5, 0.6) is 0 Å². The summed E-state index contributed by atoms with van der Waals surface area (Å²) in [6.45, 7) is 3.49. The normalized spacial score (nSPS) is 9.64. The summed E-state index contributed by atoms with van der Waals surface area (Å²) in [6, 6.07) is 0. The van der Waals surface area contributed by atoms with E-state index in [4.69, 9.17) is 12.2 Å². The molecule has 0 fully saturated rings. The summed E-state index contributed by atoms with van der Waals surface area (Å²) in [4.78, 5) is 16.2. The predicted octanol–water partition coefficient (Wildman–Crippen LogP) is 2.02. The SMILES string of the molecule is CC(=S)C(=O)c1cnc(C)s1. The molecule has 0 aliphatic heterocycles. The van der Waals surface area contributed by atoms with Gasteiger partial charge in [-0.3, -0.25) is 4.79 Å². The molecule has 0 radical (unpaired) electrons. The maximum atomic E-state index is 11.2. The van der Waals surface area contributed by atoms with E-state index in [1.807, 2.05) is 6.92 Å². The van der Waals surface area contributed by atoms with Crippen molar-refractivity contribution in [3.05, 3.63) is 16.1 Å². The third kappa shape index (κ3) is 1.91. The fourth-order valence-electron chi connectivity index (χ4n) is 0.640. The van der Waals surface area contributed by atoms with E-state index >= 15 is 0 Å². The highest BCUT2D eigenvalue weighted by molar-refractivity contribution is 7.82. The smallest absolute Gasteiger partial charge is 0.210 e. The van der Waals surface area contributed by atoms with Crippen LogP contribution in [-0.2, 0) is 0 Å². The van der Waals surface area contributed by atoms with Crippen LogP contribution in [0.4, 0.5) is 0 Å². The quantitative estimate of drug-likeness (QED) is 0.521. The molecular formula is C7H7NOS2. The zero-order valence-corrected chi connectivity index (χ0v) is 7.88. The first-order valence-corrected chi connectivity index (χ1v) is 4.31. The topological polar surface area (TPSA) is 30.0 Å². The Morgan fingerprint density at radius 1 is 1.73 bits per heavy atom. The largest absolute Gasteiger partial charge is 0.287 e. The predicted molar refractivity (Wildman–Crippen MR) is 49.5 cm³/mol. The van der Waals surface area contributed by atoms with E-state index in [2.05, 4.69) is 4.98 Å². The number of thiocarbonyl (C=S) groups is 1. The standard InChI is InChI=1S/C7H7NOS2/c1-4(10)7(9)6-3-8-5(2)11-6/h3H,1-2H3. The zero-order chi connectivity index (χ0) is 8.43. The second kappa shape index (κ2) is 3.19. The van der Waals surface area contributed by atoms with E-state index in [0.717, 1.165) is 5.01 Å². The minimum Gasteiger partial charge on any atom is -0.287 e. The van der Waals surface area contributed by atoms with Gasteiger partial charge in [0.1, 0.15) is 0 Å². The maximum Gasteiger partial charge on any atom is 0.210 e. The summed E-state index contributed by atoms with van der Waals surface area (Å²) >= 11 is 6.11. The van der Waals surface area contributed by atoms with Crippen molar-refractivity contribution in [3.8, 4) is 0 Å². The Kier molecular flexibility index (Phi) is 2.46. The van der Waals surface area contributed by atoms with Gasteiger partial charge in [0.25, 0.3) is 0 Å². The Morgan fingerprint density at radius 3 is 2.73 bits per heavy atom. The Morgan fingerprint density at radius 2 is 2.36 bits per heavy atom. The van der Waals surface area contributed by atoms with Crippen molar-refractivity contribution in [1.29, 1.82) is 0 Å². The van der Waals surface area contributed by atoms with Crippen molar-refractivity contribution in [2.75, 3.05) is 0 Å². The van der Waals surface area contributed by atoms with Gasteiger partial charge in [0.2, 0.25) is 5.78 Å². The molecule has 0 N–H and O–H groups in total. The van der Waals surface area contributed by atoms with Gasteiger partial charge in [-0.15, -0.1) is 11.3 Å². The van der Waals surface area contributed by atoms with Gasteiger partial charge in [-0.25, -0.2) is 4.98 Å². The van der Waals surface area contributed by atoms with Crippen LogP contribution in [0.25, 0.3) is 0 Å². The lowest BCUT2D eigenvalue weighted by Crippen LogP contribution is -2.04. The monoisotopic (exact) mass is 185 g/mol. The molecule has 0 saturated heterocycles. The van der Waals surface area contributed by atoms with Gasteiger partial charge in [-0.05, 0) is 13.8 Å². The Balaban J connectivity index is 2.94. The lowest BCUT2D eigenvalue weighted by molar-refractivity contribution is 0.107. The first-order valence-electron chi connectivity index (χ1n) is 3.09. The highest BCUT2D eigenvalue weighted by Gasteiger charge is 2.09. The van der Waals surface area contributed by atoms with E-state index in [1.54, 1.807) is 13.1 Å². The number of rotatable bonds is 2. The summed E-state index contributed by atoms with van der Waals surface area (Å²) in [5.74, 6) is -0.0781. The van der Waals surface area contributed by atoms with E-state index < -0.39 is 0 Å². The number of carbonyl (C=O) groups excluding carboxylic acids is 1. The summed E-state index contributed by atoms with van der Waals surface area (Å²) in [7, 11) is 0. The molecule has 0 atom stereocenters. The molecule has 0 spiro atoms. The molecule has 4 heteroatoms. The summed E-state index contributed by atoms with van der Waals surface area (Å²) in [6.07, 6.45) is 1.57. The summed E-state index contributed by atoms with van der Waals surface area (Å²) < 4.78 is 0. The van der Waals surface area contributed by atoms with Crippen molar-refractivity contribution in [2.24, 2.45) is 0 Å². The molecule has 1 rings (SSSR count). The second-order valence-electron chi connectivity index (χ2n) is 2.13. The molecule has 1 aromatic rings. The highest BCUT2D eigenvalue weighted by atomic mass is 32.1. The molecule has 0 aromatic carbocycles. The maximum absolute atomic E-state index is 11.2. The number of hydrogen-bond donors (Lipinski definition) is 0. The third-order valence-corrected chi connectivity index (χ3v) is 2.26. The number of hydrogen-bond acceptors (Lipinski definition) is 4. The second-order valence-corrected chi connectivity index (χ2v) is 3.98. The van der Waals surface area contributed by atoms with E-state index in [0.29, 0.717) is 9.74 Å². The number of thiazole rings is 1. The van der Waals surface area contributed by atoms with Crippen LogP contribution >= 0.6 is 23.6 Å². The summed E-state index contributed by atoms with van der Waals surface area (Å²) in [5.41, 5.74) is 0. The van der Waals surface area contributed by atoms with E-state index in [9.17, 15) is 4.79 Å². The fraction of sp³-hybridized carbons (Fsp3) is 0.286. The summed E-state index contributed by atoms with van der Waals surface area (Å²) in [5, 5.41) is 0.893. The number of nitrogens with zero attached hydrogens (tertiary/aromatic N) is 1. The molecule has 0 bridgehead atoms. The van der Waals surface area contributed by atoms with Crippen molar-refractivity contribution in [1.82, 2.24) is 4.98 Å². The lowest BCUT2D eigenvalue weighted by atomic mass is 10.3. The molecule has 11 heavy (non-hydrogen) atoms. The van der Waals surface area contributed by atoms with Crippen molar-refractivity contribution >= 4 is 34.2 Å². The number of carbonyl (C=O) groups is 1. The van der Waals surface area contributed by atoms with Crippen LogP contribution < -0.4 is 0 Å². The lowest BCUT2D eigenvalue weighted by Gasteiger charge is -1.88. The molecule has 0 aliphatic rings. The molecular weight excluding hydrogens is 178 g/mol. The number of Topliss-reactive ketones (excluding diaryl/α,β-unsaturated/α-hetero) is 1. The Labute approximate surface area is 74.3 Å².